The summed E-state index contributed by atoms with van der Waals surface area (Å²) < 4.78 is 0. The van der Waals surface area contributed by atoms with Crippen molar-refractivity contribution in [3.05, 3.63) is 0 Å². The van der Waals surface area contributed by atoms with Crippen LogP contribution in [0.15, 0.2) is 0 Å². The Morgan fingerprint density at radius 1 is 1.18 bits per heavy atom. The van der Waals surface area contributed by atoms with E-state index in [1.54, 1.807) is 0 Å². The van der Waals surface area contributed by atoms with Gasteiger partial charge in [-0.05, 0) is 31.6 Å². The van der Waals surface area contributed by atoms with E-state index in [1.165, 1.54) is 19.3 Å². The molecule has 2 aliphatic rings. The van der Waals surface area contributed by atoms with Crippen molar-refractivity contribution in [2.75, 3.05) is 6.54 Å². The Morgan fingerprint density at radius 3 is 2.82 bits per heavy atom. The fourth-order valence-corrected chi connectivity index (χ4v) is 2.46. The monoisotopic (exact) mass is 155 g/mol. The highest BCUT2D eigenvalue weighted by atomic mass is 15.4. The molecule has 0 radical (unpaired) electrons. The molecule has 0 spiro atoms. The third-order valence-corrected chi connectivity index (χ3v) is 3.18. The third kappa shape index (κ3) is 1.28. The molecule has 2 rings (SSSR count). The topological polar surface area (TPSA) is 55.3 Å². The van der Waals surface area contributed by atoms with Crippen LogP contribution in [-0.4, -0.2) is 23.6 Å². The van der Waals surface area contributed by atoms with E-state index in [4.69, 9.17) is 11.6 Å². The molecule has 3 heteroatoms. The van der Waals surface area contributed by atoms with Crippen molar-refractivity contribution in [2.24, 2.45) is 17.5 Å². The highest BCUT2D eigenvalue weighted by Crippen LogP contribution is 2.33. The molecule has 3 nitrogen and oxygen atoms in total. The van der Waals surface area contributed by atoms with Crippen LogP contribution < -0.4 is 11.6 Å². The van der Waals surface area contributed by atoms with E-state index in [1.807, 2.05) is 5.01 Å². The highest BCUT2D eigenvalue weighted by Gasteiger charge is 2.36. The second-order valence-corrected chi connectivity index (χ2v) is 3.93. The average molecular weight is 155 g/mol. The maximum Gasteiger partial charge on any atom is 0.0284 e. The number of nitrogens with two attached hydrogens (primary N) is 2. The molecule has 1 aliphatic carbocycles. The number of nitrogens with zero attached hydrogens (tertiary/aromatic N) is 1. The summed E-state index contributed by atoms with van der Waals surface area (Å²) in [6.07, 6.45) is 4.89. The molecule has 0 aromatic heterocycles. The molecule has 4 N–H and O–H groups in total. The van der Waals surface area contributed by atoms with Gasteiger partial charge in [-0.3, -0.25) is 5.84 Å². The molecule has 3 atom stereocenters. The van der Waals surface area contributed by atoms with Crippen LogP contribution in [0.2, 0.25) is 0 Å². The van der Waals surface area contributed by atoms with E-state index in [0.29, 0.717) is 12.1 Å². The molecule has 1 heterocycles. The van der Waals surface area contributed by atoms with Gasteiger partial charge < -0.3 is 5.73 Å². The van der Waals surface area contributed by atoms with Crippen molar-refractivity contribution in [1.29, 1.82) is 0 Å². The van der Waals surface area contributed by atoms with Crippen LogP contribution in [0.25, 0.3) is 0 Å². The first-order chi connectivity index (χ1) is 5.27. The highest BCUT2D eigenvalue weighted by molar-refractivity contribution is 4.91. The lowest BCUT2D eigenvalue weighted by atomic mass is 9.83. The van der Waals surface area contributed by atoms with Gasteiger partial charge in [0, 0.05) is 18.6 Å². The first-order valence-corrected chi connectivity index (χ1v) is 4.54. The Bertz CT molecular complexity index is 148. The Morgan fingerprint density at radius 2 is 2.00 bits per heavy atom. The Balaban J connectivity index is 2.01. The van der Waals surface area contributed by atoms with Gasteiger partial charge in [0.1, 0.15) is 0 Å². The zero-order valence-corrected chi connectivity index (χ0v) is 6.87. The maximum atomic E-state index is 5.87. The average Bonchev–Trinajstić information content (AvgIpc) is 2.33. The molecule has 0 amide bonds. The third-order valence-electron chi connectivity index (χ3n) is 3.18. The summed E-state index contributed by atoms with van der Waals surface area (Å²) in [5.74, 6) is 6.68. The van der Waals surface area contributed by atoms with Crippen LogP contribution in [-0.2, 0) is 0 Å². The first kappa shape index (κ1) is 7.53. The summed E-state index contributed by atoms with van der Waals surface area (Å²) in [5, 5.41) is 1.99. The summed E-state index contributed by atoms with van der Waals surface area (Å²) in [6, 6.07) is 0.999. The number of hydrogen-bond acceptors (Lipinski definition) is 3. The zero-order valence-electron chi connectivity index (χ0n) is 6.87. The van der Waals surface area contributed by atoms with Crippen molar-refractivity contribution >= 4 is 0 Å². The molecular formula is C8H17N3. The fraction of sp³-hybridized carbons (Fsp3) is 1.00. The molecule has 1 saturated carbocycles. The molecule has 3 unspecified atom stereocenters. The van der Waals surface area contributed by atoms with Crippen LogP contribution in [0.1, 0.15) is 25.7 Å². The van der Waals surface area contributed by atoms with E-state index in [9.17, 15) is 0 Å². The van der Waals surface area contributed by atoms with Crippen molar-refractivity contribution in [3.8, 4) is 0 Å². The van der Waals surface area contributed by atoms with Crippen molar-refractivity contribution in [1.82, 2.24) is 5.01 Å². The van der Waals surface area contributed by atoms with Crippen LogP contribution in [0.5, 0.6) is 0 Å². The normalized spacial score (nSPS) is 45.8. The lowest BCUT2D eigenvalue weighted by molar-refractivity contribution is 0.173. The van der Waals surface area contributed by atoms with Crippen LogP contribution in [0, 0.1) is 5.92 Å². The van der Waals surface area contributed by atoms with E-state index in [0.717, 1.165) is 18.9 Å². The zero-order chi connectivity index (χ0) is 7.84. The molecule has 0 aromatic rings. The number of hydrogen-bond donors (Lipinski definition) is 2. The molecule has 0 aromatic carbocycles. The van der Waals surface area contributed by atoms with Crippen LogP contribution in [0.4, 0.5) is 0 Å². The second kappa shape index (κ2) is 2.73. The lowest BCUT2D eigenvalue weighted by Crippen LogP contribution is -2.45. The molecule has 11 heavy (non-hydrogen) atoms. The van der Waals surface area contributed by atoms with Gasteiger partial charge in [-0.1, -0.05) is 0 Å². The minimum absolute atomic E-state index is 0.403. The van der Waals surface area contributed by atoms with Gasteiger partial charge in [0.15, 0.2) is 0 Å². The number of rotatable bonds is 0. The van der Waals surface area contributed by atoms with Gasteiger partial charge in [0.25, 0.3) is 0 Å². The van der Waals surface area contributed by atoms with Crippen LogP contribution >= 0.6 is 0 Å². The molecule has 2 fully saturated rings. The summed E-state index contributed by atoms with van der Waals surface area (Å²) in [5.41, 5.74) is 5.87. The standard InChI is InChI=1S/C8H17N3/c9-7-2-1-6-3-4-11(10)8(6)5-7/h6-8H,1-5,9-10H2. The maximum absolute atomic E-state index is 5.87. The Hall–Kier alpha value is -0.120. The Labute approximate surface area is 67.7 Å². The molecular weight excluding hydrogens is 138 g/mol. The van der Waals surface area contributed by atoms with E-state index < -0.39 is 0 Å². The fourth-order valence-electron chi connectivity index (χ4n) is 2.46. The minimum atomic E-state index is 0.403. The predicted molar refractivity (Wildman–Crippen MR) is 44.6 cm³/mol. The molecule has 1 aliphatic heterocycles. The van der Waals surface area contributed by atoms with E-state index >= 15 is 0 Å². The van der Waals surface area contributed by atoms with Gasteiger partial charge in [-0.15, -0.1) is 0 Å². The van der Waals surface area contributed by atoms with Crippen molar-refractivity contribution in [2.45, 2.75) is 37.8 Å². The summed E-state index contributed by atoms with van der Waals surface area (Å²) in [4.78, 5) is 0. The minimum Gasteiger partial charge on any atom is -0.328 e. The smallest absolute Gasteiger partial charge is 0.0284 e. The summed E-state index contributed by atoms with van der Waals surface area (Å²) >= 11 is 0. The number of hydrazine groups is 1. The van der Waals surface area contributed by atoms with Crippen molar-refractivity contribution in [3.63, 3.8) is 0 Å². The first-order valence-electron chi connectivity index (χ1n) is 4.54. The van der Waals surface area contributed by atoms with Gasteiger partial charge >= 0.3 is 0 Å². The molecule has 1 saturated heterocycles. The van der Waals surface area contributed by atoms with Gasteiger partial charge in [0.2, 0.25) is 0 Å². The second-order valence-electron chi connectivity index (χ2n) is 3.93. The largest absolute Gasteiger partial charge is 0.328 e. The Kier molecular flexibility index (Phi) is 1.87. The summed E-state index contributed by atoms with van der Waals surface area (Å²) in [6.45, 7) is 1.07. The quantitative estimate of drug-likeness (QED) is 0.486. The molecule has 0 bridgehead atoms. The summed E-state index contributed by atoms with van der Waals surface area (Å²) in [7, 11) is 0. The van der Waals surface area contributed by atoms with Gasteiger partial charge in [-0.2, -0.15) is 0 Å². The SMILES string of the molecule is NC1CCC2CCN(N)C2C1. The predicted octanol–water partition coefficient (Wildman–Crippen LogP) is 0.0618. The van der Waals surface area contributed by atoms with Crippen LogP contribution in [0.3, 0.4) is 0 Å². The molecule has 64 valence electrons. The lowest BCUT2D eigenvalue weighted by Gasteiger charge is -2.32. The van der Waals surface area contributed by atoms with Crippen molar-refractivity contribution < 1.29 is 0 Å². The van der Waals surface area contributed by atoms with Gasteiger partial charge in [0.05, 0.1) is 0 Å². The van der Waals surface area contributed by atoms with E-state index in [-0.39, 0.29) is 0 Å². The van der Waals surface area contributed by atoms with Gasteiger partial charge in [-0.25, -0.2) is 5.01 Å². The number of fused-ring (bicyclic) bond motifs is 1. The van der Waals surface area contributed by atoms with E-state index in [2.05, 4.69) is 0 Å².